The lowest BCUT2D eigenvalue weighted by Gasteiger charge is -2.00. The molecule has 2 rings (SSSR count). The summed E-state index contributed by atoms with van der Waals surface area (Å²) in [5.41, 5.74) is 2.44. The van der Waals surface area contributed by atoms with Crippen LogP contribution < -0.4 is 0 Å². The van der Waals surface area contributed by atoms with Crippen molar-refractivity contribution >= 4 is 0 Å². The molecule has 0 aliphatic rings. The largest absolute Gasteiger partial charge is 0.253 e. The summed E-state index contributed by atoms with van der Waals surface area (Å²) in [6, 6.07) is 8.77. The van der Waals surface area contributed by atoms with Crippen LogP contribution >= 0.6 is 0 Å². The van der Waals surface area contributed by atoms with Gasteiger partial charge in [-0.1, -0.05) is 6.07 Å². The number of nitrogens with zero attached hydrogens (tertiary/aromatic N) is 2. The summed E-state index contributed by atoms with van der Waals surface area (Å²) >= 11 is 0. The highest BCUT2D eigenvalue weighted by Gasteiger charge is 2.00. The fourth-order valence-corrected chi connectivity index (χ4v) is 1.27. The van der Waals surface area contributed by atoms with E-state index in [2.05, 4.69) is 9.97 Å². The third-order valence-electron chi connectivity index (χ3n) is 1.91. The second-order valence-electron chi connectivity index (χ2n) is 3.03. The number of aryl methyl sites for hydroxylation is 1. The highest BCUT2D eigenvalue weighted by Crippen LogP contribution is 2.16. The predicted octanol–water partition coefficient (Wildman–Crippen LogP) is 2.59. The summed E-state index contributed by atoms with van der Waals surface area (Å²) in [6.45, 7) is 1.90. The summed E-state index contributed by atoms with van der Waals surface area (Å²) in [5, 5.41) is 0. The monoisotopic (exact) mass is 188 g/mol. The van der Waals surface area contributed by atoms with Crippen molar-refractivity contribution in [1.82, 2.24) is 9.97 Å². The summed E-state index contributed by atoms with van der Waals surface area (Å²) in [6.07, 6.45) is 1.44. The van der Waals surface area contributed by atoms with Crippen LogP contribution in [0.1, 0.15) is 5.69 Å². The van der Waals surface area contributed by atoms with Crippen LogP contribution in [0.15, 0.2) is 36.5 Å². The van der Waals surface area contributed by atoms with Crippen LogP contribution in [0.25, 0.3) is 11.3 Å². The Bertz CT molecular complexity index is 411. The van der Waals surface area contributed by atoms with Crippen LogP contribution in [0.4, 0.5) is 4.39 Å². The highest BCUT2D eigenvalue weighted by atomic mass is 19.1. The molecule has 0 radical (unpaired) electrons. The molecule has 0 amide bonds. The number of hydrogen-bond acceptors (Lipinski definition) is 2. The lowest BCUT2D eigenvalue weighted by molar-refractivity contribution is 0.584. The van der Waals surface area contributed by atoms with Gasteiger partial charge < -0.3 is 0 Å². The number of halogens is 1. The molecular weight excluding hydrogens is 179 g/mol. The van der Waals surface area contributed by atoms with E-state index in [-0.39, 0.29) is 0 Å². The van der Waals surface area contributed by atoms with E-state index in [1.54, 1.807) is 6.07 Å². The molecule has 14 heavy (non-hydrogen) atoms. The van der Waals surface area contributed by atoms with Crippen LogP contribution in [-0.2, 0) is 0 Å². The molecule has 2 heterocycles. The normalized spacial score (nSPS) is 10.1. The Balaban J connectivity index is 2.49. The van der Waals surface area contributed by atoms with E-state index in [1.807, 2.05) is 25.1 Å². The van der Waals surface area contributed by atoms with Crippen molar-refractivity contribution in [3.05, 3.63) is 48.2 Å². The third-order valence-corrected chi connectivity index (χ3v) is 1.91. The minimum absolute atomic E-state index is 0.481. The van der Waals surface area contributed by atoms with Crippen LogP contribution in [0, 0.1) is 12.9 Å². The molecule has 0 spiro atoms. The maximum atomic E-state index is 12.8. The molecular formula is C11H9FN2. The zero-order chi connectivity index (χ0) is 9.97. The molecule has 0 N–H and O–H groups in total. The van der Waals surface area contributed by atoms with Gasteiger partial charge in [-0.3, -0.25) is 4.98 Å². The summed E-state index contributed by atoms with van der Waals surface area (Å²) in [4.78, 5) is 7.78. The van der Waals surface area contributed by atoms with Gasteiger partial charge in [-0.25, -0.2) is 4.98 Å². The Kier molecular flexibility index (Phi) is 2.23. The van der Waals surface area contributed by atoms with Crippen LogP contribution in [0.3, 0.4) is 0 Å². The highest BCUT2D eigenvalue weighted by molar-refractivity contribution is 5.58. The summed E-state index contributed by atoms with van der Waals surface area (Å²) in [7, 11) is 0. The topological polar surface area (TPSA) is 25.8 Å². The Labute approximate surface area is 81.5 Å². The molecule has 0 fully saturated rings. The average molecular weight is 188 g/mol. The number of pyridine rings is 2. The molecule has 0 saturated heterocycles. The van der Waals surface area contributed by atoms with E-state index in [0.717, 1.165) is 17.0 Å². The van der Waals surface area contributed by atoms with E-state index in [0.29, 0.717) is 0 Å². The second kappa shape index (κ2) is 3.54. The van der Waals surface area contributed by atoms with Gasteiger partial charge in [0.25, 0.3) is 0 Å². The molecule has 0 bridgehead atoms. The minimum Gasteiger partial charge on any atom is -0.253 e. The second-order valence-corrected chi connectivity index (χ2v) is 3.03. The molecule has 0 saturated carbocycles. The van der Waals surface area contributed by atoms with E-state index in [4.69, 9.17) is 0 Å². The molecule has 2 aromatic heterocycles. The third kappa shape index (κ3) is 1.76. The quantitative estimate of drug-likeness (QED) is 0.643. The zero-order valence-electron chi connectivity index (χ0n) is 7.74. The maximum Gasteiger partial charge on any atom is 0.213 e. The van der Waals surface area contributed by atoms with E-state index >= 15 is 0 Å². The van der Waals surface area contributed by atoms with Gasteiger partial charge in [0.15, 0.2) is 0 Å². The smallest absolute Gasteiger partial charge is 0.213 e. The van der Waals surface area contributed by atoms with Crippen LogP contribution in [0.5, 0.6) is 0 Å². The molecule has 70 valence electrons. The lowest BCUT2D eigenvalue weighted by atomic mass is 10.2. The number of hydrogen-bond donors (Lipinski definition) is 0. The molecule has 0 unspecified atom stereocenters. The van der Waals surface area contributed by atoms with Crippen LogP contribution in [-0.4, -0.2) is 9.97 Å². The number of rotatable bonds is 1. The standard InChI is InChI=1S/C11H9FN2/c1-8-3-2-4-10(14-8)9-5-6-13-11(12)7-9/h2-7H,1H3. The Morgan fingerprint density at radius 3 is 2.79 bits per heavy atom. The van der Waals surface area contributed by atoms with Crippen LogP contribution in [0.2, 0.25) is 0 Å². The Morgan fingerprint density at radius 1 is 1.21 bits per heavy atom. The van der Waals surface area contributed by atoms with Gasteiger partial charge in [0, 0.05) is 23.5 Å². The fraction of sp³-hybridized carbons (Fsp3) is 0.0909. The van der Waals surface area contributed by atoms with Crippen molar-refractivity contribution in [3.8, 4) is 11.3 Å². The lowest BCUT2D eigenvalue weighted by Crippen LogP contribution is -1.88. The van der Waals surface area contributed by atoms with E-state index < -0.39 is 5.95 Å². The van der Waals surface area contributed by atoms with Gasteiger partial charge in [-0.15, -0.1) is 0 Å². The molecule has 0 aromatic carbocycles. The summed E-state index contributed by atoms with van der Waals surface area (Å²) in [5.74, 6) is -0.481. The first-order valence-corrected chi connectivity index (χ1v) is 4.31. The SMILES string of the molecule is Cc1cccc(-c2ccnc(F)c2)n1. The van der Waals surface area contributed by atoms with Crippen molar-refractivity contribution in [2.24, 2.45) is 0 Å². The molecule has 0 aliphatic carbocycles. The minimum atomic E-state index is -0.481. The fourth-order valence-electron chi connectivity index (χ4n) is 1.27. The van der Waals surface area contributed by atoms with Crippen molar-refractivity contribution in [2.45, 2.75) is 6.92 Å². The molecule has 2 aromatic rings. The van der Waals surface area contributed by atoms with E-state index in [9.17, 15) is 4.39 Å². The molecule has 0 atom stereocenters. The van der Waals surface area contributed by atoms with Crippen molar-refractivity contribution in [3.63, 3.8) is 0 Å². The van der Waals surface area contributed by atoms with Crippen molar-refractivity contribution in [2.75, 3.05) is 0 Å². The first kappa shape index (κ1) is 8.81. The van der Waals surface area contributed by atoms with Gasteiger partial charge in [0.05, 0.1) is 5.69 Å². The average Bonchev–Trinajstić information content (AvgIpc) is 2.18. The van der Waals surface area contributed by atoms with Gasteiger partial charge in [-0.05, 0) is 25.1 Å². The van der Waals surface area contributed by atoms with Gasteiger partial charge in [-0.2, -0.15) is 4.39 Å². The molecule has 3 heteroatoms. The Hall–Kier alpha value is -1.77. The number of aromatic nitrogens is 2. The van der Waals surface area contributed by atoms with Gasteiger partial charge >= 0.3 is 0 Å². The van der Waals surface area contributed by atoms with Crippen molar-refractivity contribution in [1.29, 1.82) is 0 Å². The maximum absolute atomic E-state index is 12.8. The van der Waals surface area contributed by atoms with Gasteiger partial charge in [0.2, 0.25) is 5.95 Å². The predicted molar refractivity (Wildman–Crippen MR) is 52.2 cm³/mol. The zero-order valence-corrected chi connectivity index (χ0v) is 7.74. The first-order chi connectivity index (χ1) is 6.75. The Morgan fingerprint density at radius 2 is 2.07 bits per heavy atom. The van der Waals surface area contributed by atoms with Gasteiger partial charge in [0.1, 0.15) is 0 Å². The van der Waals surface area contributed by atoms with Crippen molar-refractivity contribution < 1.29 is 4.39 Å². The molecule has 0 aliphatic heterocycles. The first-order valence-electron chi connectivity index (χ1n) is 4.31. The van der Waals surface area contributed by atoms with E-state index in [1.165, 1.54) is 12.3 Å². The summed E-state index contributed by atoms with van der Waals surface area (Å²) < 4.78 is 12.8. The molecule has 2 nitrogen and oxygen atoms in total.